The van der Waals surface area contributed by atoms with Gasteiger partial charge in [0.2, 0.25) is 0 Å². The number of hydrogen-bond acceptors (Lipinski definition) is 6. The lowest BCUT2D eigenvalue weighted by Crippen LogP contribution is -2.57. The fourth-order valence-corrected chi connectivity index (χ4v) is 3.41. The van der Waals surface area contributed by atoms with Crippen molar-refractivity contribution in [3.05, 3.63) is 41.4 Å². The van der Waals surface area contributed by atoms with Crippen LogP contribution in [-0.2, 0) is 13.7 Å². The zero-order chi connectivity index (χ0) is 20.6. The fraction of sp³-hybridized carbons (Fsp3) is 0.421. The lowest BCUT2D eigenvalue weighted by molar-refractivity contribution is -0.0487. The summed E-state index contributed by atoms with van der Waals surface area (Å²) in [6, 6.07) is 3.86. The molecule has 0 bridgehead atoms. The summed E-state index contributed by atoms with van der Waals surface area (Å²) >= 11 is 0. The Balaban J connectivity index is 1.57. The Morgan fingerprint density at radius 3 is 3.03 bits per heavy atom. The van der Waals surface area contributed by atoms with Gasteiger partial charge in [0, 0.05) is 12.4 Å². The zero-order valence-electron chi connectivity index (χ0n) is 16.0. The van der Waals surface area contributed by atoms with Crippen molar-refractivity contribution in [3.8, 4) is 5.75 Å². The van der Waals surface area contributed by atoms with Crippen molar-refractivity contribution < 1.29 is 22.7 Å². The molecular formula is C19H21F2N5O3. The molecule has 3 aromatic rings. The second-order valence-corrected chi connectivity index (χ2v) is 7.08. The van der Waals surface area contributed by atoms with Gasteiger partial charge in [-0.25, -0.2) is 13.5 Å². The summed E-state index contributed by atoms with van der Waals surface area (Å²) in [4.78, 5) is 12.8. The highest BCUT2D eigenvalue weighted by molar-refractivity contribution is 6.07. The minimum absolute atomic E-state index is 0.153. The molecule has 2 aromatic heterocycles. The van der Waals surface area contributed by atoms with E-state index in [1.54, 1.807) is 43.0 Å². The Hall–Kier alpha value is -3.01. The number of halogens is 2. The molecule has 0 spiro atoms. The average Bonchev–Trinajstić information content (AvgIpc) is 3.23. The number of aromatic nitrogens is 3. The number of nitrogens with zero attached hydrogens (tertiary/aromatic N) is 3. The van der Waals surface area contributed by atoms with E-state index in [0.29, 0.717) is 29.0 Å². The lowest BCUT2D eigenvalue weighted by Gasteiger charge is -2.32. The third-order valence-corrected chi connectivity index (χ3v) is 5.04. The van der Waals surface area contributed by atoms with Crippen LogP contribution in [0, 0.1) is 6.92 Å². The molecule has 10 heteroatoms. The first-order valence-electron chi connectivity index (χ1n) is 9.24. The van der Waals surface area contributed by atoms with E-state index in [1.165, 1.54) is 0 Å². The van der Waals surface area contributed by atoms with Gasteiger partial charge in [-0.3, -0.25) is 4.79 Å². The molecule has 1 amide bonds. The van der Waals surface area contributed by atoms with Crippen molar-refractivity contribution in [3.63, 3.8) is 0 Å². The number of aryl methyl sites for hydroxylation is 2. The van der Waals surface area contributed by atoms with Gasteiger partial charge in [0.15, 0.2) is 0 Å². The van der Waals surface area contributed by atoms with Crippen molar-refractivity contribution >= 4 is 16.9 Å². The number of alkyl halides is 2. The summed E-state index contributed by atoms with van der Waals surface area (Å²) in [7, 11) is 1.76. The molecular weight excluding hydrogens is 384 g/mol. The summed E-state index contributed by atoms with van der Waals surface area (Å²) < 4.78 is 41.2. The number of benzene rings is 1. The number of furan rings is 1. The Kier molecular flexibility index (Phi) is 4.95. The molecule has 1 unspecified atom stereocenters. The van der Waals surface area contributed by atoms with Crippen molar-refractivity contribution in [1.82, 2.24) is 25.6 Å². The molecule has 0 radical (unpaired) electrons. The minimum Gasteiger partial charge on any atom is -0.487 e. The number of carbonyl (C=O) groups is 1. The molecule has 4 rings (SSSR count). The van der Waals surface area contributed by atoms with E-state index in [4.69, 9.17) is 9.15 Å². The van der Waals surface area contributed by atoms with Crippen LogP contribution in [0.3, 0.4) is 0 Å². The molecule has 154 valence electrons. The molecule has 8 nitrogen and oxygen atoms in total. The Labute approximate surface area is 165 Å². The van der Waals surface area contributed by atoms with E-state index in [0.717, 1.165) is 5.69 Å². The van der Waals surface area contributed by atoms with Crippen LogP contribution in [0.4, 0.5) is 8.78 Å². The number of rotatable bonds is 5. The molecule has 1 saturated heterocycles. The molecule has 2 N–H and O–H groups in total. The number of fused-ring (bicyclic) bond motifs is 1. The Morgan fingerprint density at radius 2 is 2.31 bits per heavy atom. The summed E-state index contributed by atoms with van der Waals surface area (Å²) in [6.07, 6.45) is 1.75. The second-order valence-electron chi connectivity index (χ2n) is 7.08. The summed E-state index contributed by atoms with van der Waals surface area (Å²) in [5, 5.41) is 13.3. The Morgan fingerprint density at radius 1 is 1.48 bits per heavy atom. The smallest absolute Gasteiger partial charge is 0.280 e. The number of nitrogens with one attached hydrogen (secondary N) is 2. The molecule has 29 heavy (non-hydrogen) atoms. The quantitative estimate of drug-likeness (QED) is 0.676. The van der Waals surface area contributed by atoms with Crippen LogP contribution in [0.1, 0.15) is 28.2 Å². The third kappa shape index (κ3) is 3.80. The molecule has 1 fully saturated rings. The maximum Gasteiger partial charge on any atom is 0.280 e. The van der Waals surface area contributed by atoms with E-state index in [9.17, 15) is 13.6 Å². The van der Waals surface area contributed by atoms with Crippen molar-refractivity contribution in [2.24, 2.45) is 7.05 Å². The van der Waals surface area contributed by atoms with Gasteiger partial charge in [-0.05, 0) is 38.1 Å². The van der Waals surface area contributed by atoms with Gasteiger partial charge in [0.1, 0.15) is 23.7 Å². The van der Waals surface area contributed by atoms with Gasteiger partial charge in [0.05, 0.1) is 30.0 Å². The van der Waals surface area contributed by atoms with Crippen LogP contribution in [0.15, 0.2) is 28.8 Å². The fourth-order valence-electron chi connectivity index (χ4n) is 3.41. The van der Waals surface area contributed by atoms with Crippen molar-refractivity contribution in [2.75, 3.05) is 13.1 Å². The normalized spacial score (nSPS) is 18.7. The van der Waals surface area contributed by atoms with E-state index in [2.05, 4.69) is 20.9 Å². The maximum absolute atomic E-state index is 14.1. The van der Waals surface area contributed by atoms with Gasteiger partial charge in [0.25, 0.3) is 11.8 Å². The van der Waals surface area contributed by atoms with Gasteiger partial charge >= 0.3 is 0 Å². The largest absolute Gasteiger partial charge is 0.487 e. The van der Waals surface area contributed by atoms with Gasteiger partial charge in [-0.15, -0.1) is 5.10 Å². The standard InChI is InChI=1S/C19H21F2N5O3/c1-11-17(18(27)24-16-5-6-22-10-19(16,20)21)14-7-13(3-4-15(14)29-11)28-9-12-8-23-25-26(12)2/h3-4,7-8,16,22H,5-6,9-10H2,1-2H3,(H,24,27). The number of amides is 1. The predicted octanol–water partition coefficient (Wildman–Crippen LogP) is 2.18. The molecule has 3 heterocycles. The first kappa shape index (κ1) is 19.3. The van der Waals surface area contributed by atoms with Gasteiger partial charge < -0.3 is 19.8 Å². The average molecular weight is 405 g/mol. The van der Waals surface area contributed by atoms with Crippen LogP contribution in [-0.4, -0.2) is 46.0 Å². The third-order valence-electron chi connectivity index (χ3n) is 5.04. The summed E-state index contributed by atoms with van der Waals surface area (Å²) in [6.45, 7) is 1.85. The van der Waals surface area contributed by atoms with Crippen LogP contribution in [0.5, 0.6) is 5.75 Å². The number of hydrogen-bond donors (Lipinski definition) is 2. The summed E-state index contributed by atoms with van der Waals surface area (Å²) in [5.74, 6) is -2.71. The SMILES string of the molecule is Cc1oc2ccc(OCc3cnnn3C)cc2c1C(=O)NC1CCNCC1(F)F. The number of ether oxygens (including phenoxy) is 1. The zero-order valence-corrected chi connectivity index (χ0v) is 16.0. The van der Waals surface area contributed by atoms with Crippen LogP contribution < -0.4 is 15.4 Å². The first-order chi connectivity index (χ1) is 13.8. The molecule has 1 atom stereocenters. The molecule has 1 aromatic carbocycles. The highest BCUT2D eigenvalue weighted by atomic mass is 19.3. The Bertz CT molecular complexity index is 1050. The second kappa shape index (κ2) is 7.43. The minimum atomic E-state index is -3.01. The first-order valence-corrected chi connectivity index (χ1v) is 9.24. The summed E-state index contributed by atoms with van der Waals surface area (Å²) in [5.41, 5.74) is 1.50. The van der Waals surface area contributed by atoms with E-state index in [1.807, 2.05) is 0 Å². The van der Waals surface area contributed by atoms with E-state index < -0.39 is 24.4 Å². The van der Waals surface area contributed by atoms with E-state index >= 15 is 0 Å². The molecule has 1 aliphatic heterocycles. The van der Waals surface area contributed by atoms with Gasteiger partial charge in [-0.1, -0.05) is 5.21 Å². The molecule has 1 aliphatic rings. The van der Waals surface area contributed by atoms with Crippen LogP contribution >= 0.6 is 0 Å². The highest BCUT2D eigenvalue weighted by Crippen LogP contribution is 2.30. The van der Waals surface area contributed by atoms with Crippen LogP contribution in [0.2, 0.25) is 0 Å². The topological polar surface area (TPSA) is 94.2 Å². The van der Waals surface area contributed by atoms with Crippen LogP contribution in [0.25, 0.3) is 11.0 Å². The highest BCUT2D eigenvalue weighted by Gasteiger charge is 2.42. The number of piperidine rings is 1. The monoisotopic (exact) mass is 405 g/mol. The van der Waals surface area contributed by atoms with E-state index in [-0.39, 0.29) is 18.6 Å². The maximum atomic E-state index is 14.1. The molecule has 0 aliphatic carbocycles. The predicted molar refractivity (Wildman–Crippen MR) is 100.0 cm³/mol. The lowest BCUT2D eigenvalue weighted by atomic mass is 10.0. The molecule has 0 saturated carbocycles. The van der Waals surface area contributed by atoms with Gasteiger partial charge in [-0.2, -0.15) is 0 Å². The van der Waals surface area contributed by atoms with Crippen molar-refractivity contribution in [1.29, 1.82) is 0 Å². The number of carbonyl (C=O) groups excluding carboxylic acids is 1. The van der Waals surface area contributed by atoms with Crippen molar-refractivity contribution in [2.45, 2.75) is 31.9 Å².